The third-order valence-corrected chi connectivity index (χ3v) is 4.51. The molecule has 0 aliphatic rings. The Morgan fingerprint density at radius 1 is 1.15 bits per heavy atom. The fraction of sp³-hybridized carbons (Fsp3) is 0.350. The van der Waals surface area contributed by atoms with Gasteiger partial charge in [-0.25, -0.2) is 0 Å². The van der Waals surface area contributed by atoms with Crippen LogP contribution in [0, 0.1) is 5.92 Å². The van der Waals surface area contributed by atoms with Crippen molar-refractivity contribution in [3.8, 4) is 5.75 Å². The number of halogens is 2. The maximum absolute atomic E-state index is 12.3. The molecule has 0 bridgehead atoms. The van der Waals surface area contributed by atoms with E-state index in [9.17, 15) is 4.79 Å². The summed E-state index contributed by atoms with van der Waals surface area (Å²) in [5.74, 6) is 0.906. The molecular formula is C20H24Cl2N2O2. The van der Waals surface area contributed by atoms with Gasteiger partial charge in [0.25, 0.3) is 5.91 Å². The van der Waals surface area contributed by atoms with E-state index in [1.165, 1.54) is 0 Å². The lowest BCUT2D eigenvalue weighted by molar-refractivity contribution is 0.0945. The van der Waals surface area contributed by atoms with Gasteiger partial charge in [-0.1, -0.05) is 42.3 Å². The van der Waals surface area contributed by atoms with Crippen molar-refractivity contribution in [1.29, 1.82) is 0 Å². The number of carbonyl (C=O) groups excluding carboxylic acids is 1. The molecule has 0 aliphatic carbocycles. The van der Waals surface area contributed by atoms with Crippen LogP contribution in [0.1, 0.15) is 22.8 Å². The average Bonchev–Trinajstić information content (AvgIpc) is 2.60. The van der Waals surface area contributed by atoms with Gasteiger partial charge < -0.3 is 15.0 Å². The normalized spacial score (nSPS) is 12.1. The highest BCUT2D eigenvalue weighted by Gasteiger charge is 2.10. The predicted molar refractivity (Wildman–Crippen MR) is 107 cm³/mol. The molecular weight excluding hydrogens is 371 g/mol. The molecule has 1 N–H and O–H groups in total. The minimum absolute atomic E-state index is 0.101. The van der Waals surface area contributed by atoms with Crippen LogP contribution in [-0.2, 0) is 6.61 Å². The van der Waals surface area contributed by atoms with Gasteiger partial charge >= 0.3 is 0 Å². The molecule has 0 spiro atoms. The Kier molecular flexibility index (Phi) is 7.76. The van der Waals surface area contributed by atoms with E-state index in [-0.39, 0.29) is 5.91 Å². The van der Waals surface area contributed by atoms with Crippen LogP contribution in [0.15, 0.2) is 42.5 Å². The van der Waals surface area contributed by atoms with Crippen molar-refractivity contribution in [1.82, 2.24) is 10.2 Å². The molecule has 26 heavy (non-hydrogen) atoms. The molecule has 0 fully saturated rings. The van der Waals surface area contributed by atoms with Gasteiger partial charge in [0.1, 0.15) is 12.4 Å². The van der Waals surface area contributed by atoms with Gasteiger partial charge in [0, 0.05) is 18.7 Å². The summed E-state index contributed by atoms with van der Waals surface area (Å²) in [6, 6.07) is 12.5. The quantitative estimate of drug-likeness (QED) is 0.716. The Morgan fingerprint density at radius 3 is 2.62 bits per heavy atom. The van der Waals surface area contributed by atoms with Crippen LogP contribution in [0.4, 0.5) is 0 Å². The maximum atomic E-state index is 12.3. The summed E-state index contributed by atoms with van der Waals surface area (Å²) in [5.41, 5.74) is 1.49. The number of nitrogens with one attached hydrogen (secondary N) is 1. The Labute approximate surface area is 165 Å². The molecule has 2 rings (SSSR count). The van der Waals surface area contributed by atoms with E-state index in [2.05, 4.69) is 17.1 Å². The highest BCUT2D eigenvalue weighted by atomic mass is 35.5. The van der Waals surface area contributed by atoms with Crippen LogP contribution < -0.4 is 10.1 Å². The number of hydrogen-bond acceptors (Lipinski definition) is 3. The minimum atomic E-state index is -0.101. The van der Waals surface area contributed by atoms with E-state index in [0.29, 0.717) is 40.4 Å². The first-order chi connectivity index (χ1) is 12.3. The molecule has 4 nitrogen and oxygen atoms in total. The first-order valence-corrected chi connectivity index (χ1v) is 9.20. The summed E-state index contributed by atoms with van der Waals surface area (Å²) in [5, 5.41) is 3.97. The number of amides is 1. The number of carbonyl (C=O) groups is 1. The third-order valence-electron chi connectivity index (χ3n) is 3.77. The first kappa shape index (κ1) is 20.6. The van der Waals surface area contributed by atoms with Gasteiger partial charge in [0.15, 0.2) is 0 Å². The molecule has 1 amide bonds. The molecule has 1 atom stereocenters. The van der Waals surface area contributed by atoms with Gasteiger partial charge in [-0.2, -0.15) is 0 Å². The fourth-order valence-electron chi connectivity index (χ4n) is 2.58. The summed E-state index contributed by atoms with van der Waals surface area (Å²) in [4.78, 5) is 14.4. The second kappa shape index (κ2) is 9.81. The number of nitrogens with zero attached hydrogens (tertiary/aromatic N) is 1. The second-order valence-electron chi connectivity index (χ2n) is 6.64. The van der Waals surface area contributed by atoms with Crippen molar-refractivity contribution in [3.05, 3.63) is 63.6 Å². The van der Waals surface area contributed by atoms with Crippen molar-refractivity contribution < 1.29 is 9.53 Å². The molecule has 0 aliphatic heterocycles. The Bertz CT molecular complexity index is 750. The van der Waals surface area contributed by atoms with Crippen LogP contribution in [0.5, 0.6) is 5.75 Å². The van der Waals surface area contributed by atoms with Crippen molar-refractivity contribution in [2.45, 2.75) is 13.5 Å². The molecule has 2 aromatic carbocycles. The average molecular weight is 395 g/mol. The molecule has 0 aromatic heterocycles. The number of rotatable bonds is 8. The number of ether oxygens (including phenoxy) is 1. The lowest BCUT2D eigenvalue weighted by Crippen LogP contribution is -2.32. The SMILES string of the molecule is C[C@@H](CNC(=O)c1cccc(OCc2ccc(Cl)c(Cl)c2)c1)CN(C)C. The van der Waals surface area contributed by atoms with Crippen molar-refractivity contribution >= 4 is 29.1 Å². The number of benzene rings is 2. The highest BCUT2D eigenvalue weighted by molar-refractivity contribution is 6.42. The molecule has 0 saturated heterocycles. The monoisotopic (exact) mass is 394 g/mol. The van der Waals surface area contributed by atoms with Crippen molar-refractivity contribution in [3.63, 3.8) is 0 Å². The lowest BCUT2D eigenvalue weighted by atomic mass is 10.1. The van der Waals surface area contributed by atoms with Crippen molar-refractivity contribution in [2.24, 2.45) is 5.92 Å². The second-order valence-corrected chi connectivity index (χ2v) is 7.46. The number of hydrogen-bond donors (Lipinski definition) is 1. The van der Waals surface area contributed by atoms with E-state index in [1.807, 2.05) is 32.3 Å². The maximum Gasteiger partial charge on any atom is 0.251 e. The highest BCUT2D eigenvalue weighted by Crippen LogP contribution is 2.23. The van der Waals surface area contributed by atoms with E-state index >= 15 is 0 Å². The summed E-state index contributed by atoms with van der Waals surface area (Å²) < 4.78 is 5.77. The van der Waals surface area contributed by atoms with Gasteiger partial charge in [0.05, 0.1) is 10.0 Å². The van der Waals surface area contributed by atoms with E-state index in [4.69, 9.17) is 27.9 Å². The van der Waals surface area contributed by atoms with E-state index in [1.54, 1.807) is 24.3 Å². The zero-order valence-corrected chi connectivity index (χ0v) is 16.8. The largest absolute Gasteiger partial charge is 0.489 e. The summed E-state index contributed by atoms with van der Waals surface area (Å²) >= 11 is 11.9. The first-order valence-electron chi connectivity index (χ1n) is 8.45. The smallest absolute Gasteiger partial charge is 0.251 e. The standard InChI is InChI=1S/C20H24Cl2N2O2/c1-14(12-24(2)3)11-23-20(25)16-5-4-6-17(10-16)26-13-15-7-8-18(21)19(22)9-15/h4-10,14H,11-13H2,1-3H3,(H,23,25)/t14-/m0/s1. The Morgan fingerprint density at radius 2 is 1.92 bits per heavy atom. The zero-order valence-electron chi connectivity index (χ0n) is 15.3. The molecule has 140 valence electrons. The van der Waals surface area contributed by atoms with E-state index in [0.717, 1.165) is 12.1 Å². The Balaban J connectivity index is 1.92. The van der Waals surface area contributed by atoms with Crippen LogP contribution in [0.3, 0.4) is 0 Å². The summed E-state index contributed by atoms with van der Waals surface area (Å²) in [6.07, 6.45) is 0. The third kappa shape index (κ3) is 6.52. The molecule has 2 aromatic rings. The molecule has 0 heterocycles. The lowest BCUT2D eigenvalue weighted by Gasteiger charge is -2.17. The van der Waals surface area contributed by atoms with Gasteiger partial charge in [0.2, 0.25) is 0 Å². The Hall–Kier alpha value is -1.75. The van der Waals surface area contributed by atoms with Gasteiger partial charge in [-0.05, 0) is 55.9 Å². The summed E-state index contributed by atoms with van der Waals surface area (Å²) in [7, 11) is 4.04. The van der Waals surface area contributed by atoms with Crippen LogP contribution >= 0.6 is 23.2 Å². The van der Waals surface area contributed by atoms with Crippen LogP contribution in [0.2, 0.25) is 10.0 Å². The molecule has 0 saturated carbocycles. The fourth-order valence-corrected chi connectivity index (χ4v) is 2.90. The predicted octanol–water partition coefficient (Wildman–Crippen LogP) is 4.50. The molecule has 0 unspecified atom stereocenters. The molecule has 6 heteroatoms. The topological polar surface area (TPSA) is 41.6 Å². The van der Waals surface area contributed by atoms with Crippen LogP contribution in [-0.4, -0.2) is 38.0 Å². The van der Waals surface area contributed by atoms with Crippen LogP contribution in [0.25, 0.3) is 0 Å². The zero-order chi connectivity index (χ0) is 19.1. The van der Waals surface area contributed by atoms with Gasteiger partial charge in [-0.3, -0.25) is 4.79 Å². The minimum Gasteiger partial charge on any atom is -0.489 e. The van der Waals surface area contributed by atoms with E-state index < -0.39 is 0 Å². The van der Waals surface area contributed by atoms with Crippen molar-refractivity contribution in [2.75, 3.05) is 27.2 Å². The molecule has 0 radical (unpaired) electrons. The van der Waals surface area contributed by atoms with Gasteiger partial charge in [-0.15, -0.1) is 0 Å². The summed E-state index contributed by atoms with van der Waals surface area (Å²) in [6.45, 7) is 4.01.